The van der Waals surface area contributed by atoms with E-state index in [9.17, 15) is 14.0 Å². The Labute approximate surface area is 158 Å². The van der Waals surface area contributed by atoms with Crippen molar-refractivity contribution in [1.82, 2.24) is 0 Å². The van der Waals surface area contributed by atoms with Crippen LogP contribution in [0.2, 0.25) is 0 Å². The lowest BCUT2D eigenvalue weighted by atomic mass is 10.1. The van der Waals surface area contributed by atoms with Gasteiger partial charge in [0, 0.05) is 37.1 Å². The van der Waals surface area contributed by atoms with E-state index >= 15 is 0 Å². The number of piperidine rings is 1. The second-order valence-electron chi connectivity index (χ2n) is 6.73. The molecule has 0 aromatic heterocycles. The van der Waals surface area contributed by atoms with Crippen molar-refractivity contribution in [3.05, 3.63) is 54.3 Å². The minimum atomic E-state index is -0.451. The van der Waals surface area contributed by atoms with Crippen molar-refractivity contribution in [3.63, 3.8) is 0 Å². The lowest BCUT2D eigenvalue weighted by molar-refractivity contribution is -0.120. The van der Waals surface area contributed by atoms with E-state index in [1.54, 1.807) is 6.07 Å². The molecule has 1 aliphatic rings. The van der Waals surface area contributed by atoms with E-state index in [4.69, 9.17) is 0 Å². The highest BCUT2D eigenvalue weighted by Gasteiger charge is 2.17. The first-order chi connectivity index (χ1) is 13.0. The first kappa shape index (κ1) is 18.9. The van der Waals surface area contributed by atoms with Crippen LogP contribution in [0.25, 0.3) is 0 Å². The van der Waals surface area contributed by atoms with Gasteiger partial charge in [-0.05, 0) is 61.7 Å². The van der Waals surface area contributed by atoms with E-state index in [2.05, 4.69) is 10.2 Å². The van der Waals surface area contributed by atoms with Crippen molar-refractivity contribution in [2.24, 2.45) is 0 Å². The summed E-state index contributed by atoms with van der Waals surface area (Å²) in [5.74, 6) is -1.11. The summed E-state index contributed by atoms with van der Waals surface area (Å²) in [7, 11) is 0. The number of halogens is 1. The van der Waals surface area contributed by atoms with Gasteiger partial charge in [0.05, 0.1) is 0 Å². The fraction of sp³-hybridized carbons (Fsp3) is 0.333. The van der Waals surface area contributed by atoms with Crippen molar-refractivity contribution >= 4 is 28.9 Å². The highest BCUT2D eigenvalue weighted by Crippen LogP contribution is 2.22. The van der Waals surface area contributed by atoms with Crippen molar-refractivity contribution in [2.45, 2.75) is 26.2 Å². The third-order valence-electron chi connectivity index (χ3n) is 4.67. The van der Waals surface area contributed by atoms with Crippen LogP contribution in [0, 0.1) is 5.82 Å². The molecule has 0 aliphatic carbocycles. The Bertz CT molecular complexity index is 801. The molecule has 1 aliphatic heterocycles. The maximum absolute atomic E-state index is 13.4. The molecule has 0 radical (unpaired) electrons. The Morgan fingerprint density at radius 1 is 1.07 bits per heavy atom. The second-order valence-corrected chi connectivity index (χ2v) is 6.73. The standard InChI is InChI=1S/C21H24FN3O2/c1-16(26)25(20-7-5-6-17(22)14-20)15-21(27)23-18-8-10-19(11-9-18)24-12-3-2-4-13-24/h5-11,14H,2-4,12-13,15H2,1H3,(H,23,27). The van der Waals surface area contributed by atoms with Gasteiger partial charge in [-0.3, -0.25) is 9.59 Å². The molecule has 5 nitrogen and oxygen atoms in total. The summed E-state index contributed by atoms with van der Waals surface area (Å²) in [6, 6.07) is 13.4. The zero-order valence-corrected chi connectivity index (χ0v) is 15.5. The number of amides is 2. The molecule has 0 saturated carbocycles. The van der Waals surface area contributed by atoms with Crippen molar-refractivity contribution < 1.29 is 14.0 Å². The summed E-state index contributed by atoms with van der Waals surface area (Å²) >= 11 is 0. The monoisotopic (exact) mass is 369 g/mol. The van der Waals surface area contributed by atoms with Gasteiger partial charge < -0.3 is 15.1 Å². The highest BCUT2D eigenvalue weighted by molar-refractivity contribution is 6.01. The fourth-order valence-corrected chi connectivity index (χ4v) is 3.28. The van der Waals surface area contributed by atoms with Gasteiger partial charge in [0.1, 0.15) is 12.4 Å². The second kappa shape index (κ2) is 8.66. The molecule has 1 fully saturated rings. The zero-order valence-electron chi connectivity index (χ0n) is 15.5. The molecule has 1 saturated heterocycles. The van der Waals surface area contributed by atoms with Crippen LogP contribution in [0.3, 0.4) is 0 Å². The molecule has 2 aromatic carbocycles. The van der Waals surface area contributed by atoms with Crippen LogP contribution in [0.15, 0.2) is 48.5 Å². The number of anilines is 3. The summed E-state index contributed by atoms with van der Waals surface area (Å²) < 4.78 is 13.4. The zero-order chi connectivity index (χ0) is 19.2. The van der Waals surface area contributed by atoms with Gasteiger partial charge in [-0.2, -0.15) is 0 Å². The van der Waals surface area contributed by atoms with Crippen LogP contribution in [0.1, 0.15) is 26.2 Å². The van der Waals surface area contributed by atoms with E-state index < -0.39 is 5.82 Å². The van der Waals surface area contributed by atoms with Crippen LogP contribution in [-0.4, -0.2) is 31.4 Å². The van der Waals surface area contributed by atoms with Crippen LogP contribution in [0.4, 0.5) is 21.5 Å². The Balaban J connectivity index is 1.62. The lowest BCUT2D eigenvalue weighted by Crippen LogP contribution is -2.36. The first-order valence-electron chi connectivity index (χ1n) is 9.21. The third-order valence-corrected chi connectivity index (χ3v) is 4.67. The summed E-state index contributed by atoms with van der Waals surface area (Å²) in [6.07, 6.45) is 3.70. The largest absolute Gasteiger partial charge is 0.372 e. The smallest absolute Gasteiger partial charge is 0.244 e. The topological polar surface area (TPSA) is 52.7 Å². The average Bonchev–Trinajstić information content (AvgIpc) is 2.67. The van der Waals surface area contributed by atoms with Crippen molar-refractivity contribution in [2.75, 3.05) is 34.8 Å². The molecule has 3 rings (SSSR count). The van der Waals surface area contributed by atoms with Gasteiger partial charge >= 0.3 is 0 Å². The van der Waals surface area contributed by atoms with Gasteiger partial charge in [-0.1, -0.05) is 6.07 Å². The summed E-state index contributed by atoms with van der Waals surface area (Å²) in [5, 5.41) is 2.80. The van der Waals surface area contributed by atoms with E-state index in [0.717, 1.165) is 18.8 Å². The van der Waals surface area contributed by atoms with Crippen molar-refractivity contribution in [1.29, 1.82) is 0 Å². The third kappa shape index (κ3) is 5.06. The minimum absolute atomic E-state index is 0.174. The summed E-state index contributed by atoms with van der Waals surface area (Å²) in [5.41, 5.74) is 2.18. The van der Waals surface area contributed by atoms with Crippen molar-refractivity contribution in [3.8, 4) is 0 Å². The molecular formula is C21H24FN3O2. The van der Waals surface area contributed by atoms with Crippen LogP contribution in [-0.2, 0) is 9.59 Å². The molecule has 0 bridgehead atoms. The van der Waals surface area contributed by atoms with Gasteiger partial charge in [0.15, 0.2) is 0 Å². The van der Waals surface area contributed by atoms with Gasteiger partial charge in [-0.15, -0.1) is 0 Å². The number of hydrogen-bond donors (Lipinski definition) is 1. The molecular weight excluding hydrogens is 345 g/mol. The Kier molecular flexibility index (Phi) is 6.06. The Morgan fingerprint density at radius 3 is 2.41 bits per heavy atom. The minimum Gasteiger partial charge on any atom is -0.372 e. The van der Waals surface area contributed by atoms with Gasteiger partial charge in [-0.25, -0.2) is 4.39 Å². The molecule has 2 aromatic rings. The fourth-order valence-electron chi connectivity index (χ4n) is 3.28. The predicted molar refractivity (Wildman–Crippen MR) is 106 cm³/mol. The number of rotatable bonds is 5. The first-order valence-corrected chi connectivity index (χ1v) is 9.21. The number of carbonyl (C=O) groups is 2. The van der Waals surface area contributed by atoms with Gasteiger partial charge in [0.25, 0.3) is 0 Å². The molecule has 1 heterocycles. The van der Waals surface area contributed by atoms with Gasteiger partial charge in [0.2, 0.25) is 11.8 Å². The summed E-state index contributed by atoms with van der Waals surface area (Å²) in [6.45, 7) is 3.30. The molecule has 142 valence electrons. The van der Waals surface area contributed by atoms with Crippen LogP contribution in [0.5, 0.6) is 0 Å². The molecule has 27 heavy (non-hydrogen) atoms. The van der Waals surface area contributed by atoms with Crippen LogP contribution < -0.4 is 15.1 Å². The van der Waals surface area contributed by atoms with E-state index in [-0.39, 0.29) is 18.4 Å². The van der Waals surface area contributed by atoms with E-state index in [1.807, 2.05) is 24.3 Å². The highest BCUT2D eigenvalue weighted by atomic mass is 19.1. The molecule has 0 unspecified atom stereocenters. The SMILES string of the molecule is CC(=O)N(CC(=O)Nc1ccc(N2CCCCC2)cc1)c1cccc(F)c1. The predicted octanol–water partition coefficient (Wildman–Crippen LogP) is 3.81. The van der Waals surface area contributed by atoms with E-state index in [1.165, 1.54) is 49.3 Å². The summed E-state index contributed by atoms with van der Waals surface area (Å²) in [4.78, 5) is 27.8. The molecule has 1 N–H and O–H groups in total. The number of nitrogens with one attached hydrogen (secondary N) is 1. The maximum Gasteiger partial charge on any atom is 0.244 e. The number of benzene rings is 2. The number of carbonyl (C=O) groups excluding carboxylic acids is 2. The molecule has 0 spiro atoms. The molecule has 0 atom stereocenters. The number of hydrogen-bond acceptors (Lipinski definition) is 3. The molecule has 2 amide bonds. The average molecular weight is 369 g/mol. The van der Waals surface area contributed by atoms with E-state index in [0.29, 0.717) is 11.4 Å². The quantitative estimate of drug-likeness (QED) is 0.872. The normalized spacial score (nSPS) is 13.9. The lowest BCUT2D eigenvalue weighted by Gasteiger charge is -2.28. The number of nitrogens with zero attached hydrogens (tertiary/aromatic N) is 2. The Morgan fingerprint density at radius 2 is 1.78 bits per heavy atom. The Hall–Kier alpha value is -2.89. The van der Waals surface area contributed by atoms with Crippen LogP contribution >= 0.6 is 0 Å². The molecule has 6 heteroatoms. The maximum atomic E-state index is 13.4.